The number of thiophene rings is 1. The number of nitrogens with zero attached hydrogens (tertiary/aromatic N) is 4. The van der Waals surface area contributed by atoms with Crippen molar-refractivity contribution in [2.75, 3.05) is 12.3 Å². The number of benzene rings is 1. The highest BCUT2D eigenvalue weighted by atomic mass is 32.1. The lowest BCUT2D eigenvalue weighted by molar-refractivity contribution is 0.0467. The van der Waals surface area contributed by atoms with Gasteiger partial charge >= 0.3 is 11.9 Å². The Kier molecular flexibility index (Phi) is 5.69. The van der Waals surface area contributed by atoms with Gasteiger partial charge in [-0.25, -0.2) is 19.3 Å². The minimum absolute atomic E-state index is 0.0430. The van der Waals surface area contributed by atoms with Gasteiger partial charge in [-0.05, 0) is 39.0 Å². The van der Waals surface area contributed by atoms with E-state index in [4.69, 9.17) is 19.6 Å². The Morgan fingerprint density at radius 2 is 1.89 bits per heavy atom. The molecule has 4 heterocycles. The molecule has 1 aromatic carbocycles. The monoisotopic (exact) mass is 491 g/mol. The lowest BCUT2D eigenvalue weighted by atomic mass is 10.2. The summed E-state index contributed by atoms with van der Waals surface area (Å²) in [6.45, 7) is 5.21. The van der Waals surface area contributed by atoms with Gasteiger partial charge in [-0.15, -0.1) is 11.3 Å². The lowest BCUT2D eigenvalue weighted by Gasteiger charge is -2.05. The van der Waals surface area contributed by atoms with Gasteiger partial charge in [0, 0.05) is 5.39 Å². The third-order valence-corrected chi connectivity index (χ3v) is 6.45. The molecule has 4 aromatic heterocycles. The molecule has 11 heteroatoms. The third-order valence-electron chi connectivity index (χ3n) is 5.36. The van der Waals surface area contributed by atoms with Crippen molar-refractivity contribution in [3.05, 3.63) is 64.1 Å². The van der Waals surface area contributed by atoms with E-state index in [1.165, 1.54) is 11.3 Å². The van der Waals surface area contributed by atoms with Crippen molar-refractivity contribution in [1.82, 2.24) is 19.7 Å². The highest BCUT2D eigenvalue weighted by molar-refractivity contribution is 7.20. The second kappa shape index (κ2) is 8.84. The summed E-state index contributed by atoms with van der Waals surface area (Å²) in [4.78, 5) is 34.8. The number of nitrogen functional groups attached to an aromatic ring is 1. The number of aryl methyl sites for hydroxylation is 2. The second-order valence-electron chi connectivity index (χ2n) is 7.70. The van der Waals surface area contributed by atoms with Crippen molar-refractivity contribution in [3.8, 4) is 5.69 Å². The van der Waals surface area contributed by atoms with E-state index in [0.29, 0.717) is 10.6 Å². The molecule has 0 saturated carbocycles. The summed E-state index contributed by atoms with van der Waals surface area (Å²) in [5, 5.41) is 5.74. The van der Waals surface area contributed by atoms with Crippen LogP contribution in [0.4, 0.5) is 5.82 Å². The fourth-order valence-electron chi connectivity index (χ4n) is 3.79. The first-order chi connectivity index (χ1) is 16.9. The summed E-state index contributed by atoms with van der Waals surface area (Å²) in [6, 6.07) is 11.5. The first kappa shape index (κ1) is 22.5. The zero-order valence-electron chi connectivity index (χ0n) is 19.2. The number of aromatic nitrogens is 4. The zero-order chi connectivity index (χ0) is 24.7. The van der Waals surface area contributed by atoms with Crippen LogP contribution in [-0.2, 0) is 16.1 Å². The van der Waals surface area contributed by atoms with Crippen molar-refractivity contribution < 1.29 is 23.5 Å². The number of furan rings is 1. The van der Waals surface area contributed by atoms with Gasteiger partial charge in [0.2, 0.25) is 5.71 Å². The van der Waals surface area contributed by atoms with Crippen molar-refractivity contribution >= 4 is 50.4 Å². The number of carbonyl (C=O) groups is 2. The van der Waals surface area contributed by atoms with E-state index in [9.17, 15) is 9.59 Å². The van der Waals surface area contributed by atoms with Crippen LogP contribution in [0.5, 0.6) is 0 Å². The summed E-state index contributed by atoms with van der Waals surface area (Å²) in [7, 11) is 0. The number of hydrogen-bond donors (Lipinski definition) is 1. The minimum Gasteiger partial charge on any atom is -0.462 e. The molecule has 0 aliphatic heterocycles. The molecule has 5 aromatic rings. The highest BCUT2D eigenvalue weighted by Crippen LogP contribution is 2.32. The summed E-state index contributed by atoms with van der Waals surface area (Å²) in [5.74, 6) is -0.564. The maximum Gasteiger partial charge on any atom is 0.348 e. The molecule has 0 aliphatic carbocycles. The van der Waals surface area contributed by atoms with Crippen LogP contribution in [-0.4, -0.2) is 38.3 Å². The molecule has 0 atom stereocenters. The average Bonchev–Trinajstić information content (AvgIpc) is 3.51. The molecule has 0 unspecified atom stereocenters. The Morgan fingerprint density at radius 1 is 1.11 bits per heavy atom. The number of carbonyl (C=O) groups excluding carboxylic acids is 2. The molecular formula is C24H21N5O5S. The Labute approximate surface area is 203 Å². The molecule has 0 amide bonds. The van der Waals surface area contributed by atoms with Crippen LogP contribution >= 0.6 is 11.3 Å². The molecule has 10 nitrogen and oxygen atoms in total. The molecule has 0 radical (unpaired) electrons. The number of esters is 2. The SMILES string of the molecule is CCOC(=O)c1c(C)oc2nc(COC(=O)c3cc4c(C)nn(-c5ccccc5)c4s3)nc(N)c12. The summed E-state index contributed by atoms with van der Waals surface area (Å²) >= 11 is 1.29. The largest absolute Gasteiger partial charge is 0.462 e. The van der Waals surface area contributed by atoms with Gasteiger partial charge in [-0.2, -0.15) is 10.1 Å². The Hall–Kier alpha value is -4.25. The summed E-state index contributed by atoms with van der Waals surface area (Å²) < 4.78 is 17.9. The molecule has 2 N–H and O–H groups in total. The van der Waals surface area contributed by atoms with Crippen LogP contribution in [0, 0.1) is 13.8 Å². The molecule has 0 bridgehead atoms. The normalized spacial score (nSPS) is 11.3. The van der Waals surface area contributed by atoms with E-state index in [0.717, 1.165) is 21.6 Å². The van der Waals surface area contributed by atoms with E-state index >= 15 is 0 Å². The van der Waals surface area contributed by atoms with Crippen LogP contribution in [0.15, 0.2) is 40.8 Å². The topological polar surface area (TPSA) is 135 Å². The number of nitrogens with two attached hydrogens (primary N) is 1. The number of rotatable bonds is 6. The number of hydrogen-bond acceptors (Lipinski definition) is 10. The molecule has 178 valence electrons. The van der Waals surface area contributed by atoms with E-state index in [2.05, 4.69) is 15.1 Å². The number of fused-ring (bicyclic) bond motifs is 2. The predicted molar refractivity (Wildman–Crippen MR) is 130 cm³/mol. The minimum atomic E-state index is -0.563. The zero-order valence-corrected chi connectivity index (χ0v) is 20.0. The van der Waals surface area contributed by atoms with Gasteiger partial charge in [0.25, 0.3) is 0 Å². The van der Waals surface area contributed by atoms with Crippen molar-refractivity contribution in [3.63, 3.8) is 0 Å². The van der Waals surface area contributed by atoms with Crippen LogP contribution in [0.3, 0.4) is 0 Å². The van der Waals surface area contributed by atoms with Crippen LogP contribution in [0.25, 0.3) is 27.0 Å². The number of para-hydroxylation sites is 1. The van der Waals surface area contributed by atoms with E-state index < -0.39 is 11.9 Å². The van der Waals surface area contributed by atoms with Gasteiger partial charge in [0.05, 0.1) is 23.4 Å². The summed E-state index contributed by atoms with van der Waals surface area (Å²) in [6.07, 6.45) is 0. The van der Waals surface area contributed by atoms with Gasteiger partial charge in [-0.3, -0.25) is 0 Å². The molecule has 35 heavy (non-hydrogen) atoms. The first-order valence-corrected chi connectivity index (χ1v) is 11.6. The molecule has 5 rings (SSSR count). The van der Waals surface area contributed by atoms with Crippen LogP contribution < -0.4 is 5.73 Å². The smallest absolute Gasteiger partial charge is 0.348 e. The van der Waals surface area contributed by atoms with Crippen molar-refractivity contribution in [2.24, 2.45) is 0 Å². The van der Waals surface area contributed by atoms with Gasteiger partial charge in [0.15, 0.2) is 12.4 Å². The van der Waals surface area contributed by atoms with Gasteiger partial charge in [-0.1, -0.05) is 18.2 Å². The molecular weight excluding hydrogens is 470 g/mol. The Balaban J connectivity index is 1.38. The van der Waals surface area contributed by atoms with Crippen LogP contribution in [0.1, 0.15) is 44.2 Å². The molecule has 0 saturated heterocycles. The van der Waals surface area contributed by atoms with E-state index in [1.807, 2.05) is 41.9 Å². The Morgan fingerprint density at radius 3 is 2.63 bits per heavy atom. The fraction of sp³-hybridized carbons (Fsp3) is 0.208. The quantitative estimate of drug-likeness (QED) is 0.344. The summed E-state index contributed by atoms with van der Waals surface area (Å²) in [5.41, 5.74) is 8.12. The van der Waals surface area contributed by atoms with Crippen LogP contribution in [0.2, 0.25) is 0 Å². The fourth-order valence-corrected chi connectivity index (χ4v) is 4.87. The molecule has 0 spiro atoms. The van der Waals surface area contributed by atoms with E-state index in [1.54, 1.807) is 19.9 Å². The lowest BCUT2D eigenvalue weighted by Crippen LogP contribution is -2.09. The maximum atomic E-state index is 12.8. The molecule has 0 aliphatic rings. The Bertz CT molecular complexity index is 1580. The highest BCUT2D eigenvalue weighted by Gasteiger charge is 2.24. The number of anilines is 1. The van der Waals surface area contributed by atoms with Gasteiger partial charge < -0.3 is 19.6 Å². The maximum absolute atomic E-state index is 12.8. The number of ether oxygens (including phenoxy) is 2. The average molecular weight is 492 g/mol. The van der Waals surface area contributed by atoms with Crippen molar-refractivity contribution in [2.45, 2.75) is 27.4 Å². The second-order valence-corrected chi connectivity index (χ2v) is 8.73. The standard InChI is InChI=1S/C24H21N5O5S/c1-4-32-24(31)18-13(3)34-21-19(18)20(25)26-17(27-21)11-33-23(30)16-10-15-12(2)28-29(22(15)35-16)14-8-6-5-7-9-14/h5-10H,4,11H2,1-3H3,(H2,25,26,27). The molecule has 0 fully saturated rings. The van der Waals surface area contributed by atoms with Crippen molar-refractivity contribution in [1.29, 1.82) is 0 Å². The predicted octanol–water partition coefficient (Wildman–Crippen LogP) is 4.36. The van der Waals surface area contributed by atoms with Gasteiger partial charge in [0.1, 0.15) is 26.8 Å². The first-order valence-electron chi connectivity index (χ1n) is 10.8. The van der Waals surface area contributed by atoms with E-state index in [-0.39, 0.29) is 41.5 Å². The third kappa shape index (κ3) is 3.99.